The molecule has 106 valence electrons. The van der Waals surface area contributed by atoms with E-state index in [1.54, 1.807) is 12.4 Å². The molecule has 0 bridgehead atoms. The fourth-order valence-electron chi connectivity index (χ4n) is 2.05. The molecule has 1 aromatic rings. The molecular weight excluding hydrogens is 328 g/mol. The van der Waals surface area contributed by atoms with Gasteiger partial charge in [0.1, 0.15) is 0 Å². The van der Waals surface area contributed by atoms with Crippen molar-refractivity contribution in [3.05, 3.63) is 16.9 Å². The highest BCUT2D eigenvalue weighted by Crippen LogP contribution is 2.17. The molecule has 0 spiro atoms. The Morgan fingerprint density at radius 2 is 1.95 bits per heavy atom. The number of nitrogens with one attached hydrogen (secondary N) is 1. The predicted molar refractivity (Wildman–Crippen MR) is 81.8 cm³/mol. The van der Waals surface area contributed by atoms with Crippen molar-refractivity contribution in [2.24, 2.45) is 0 Å². The Morgan fingerprint density at radius 3 is 2.53 bits per heavy atom. The maximum atomic E-state index is 11.4. The number of rotatable bonds is 4. The van der Waals surface area contributed by atoms with E-state index in [9.17, 15) is 4.21 Å². The first-order valence-electron chi connectivity index (χ1n) is 6.29. The van der Waals surface area contributed by atoms with Gasteiger partial charge in [0.25, 0.3) is 0 Å². The van der Waals surface area contributed by atoms with Crippen LogP contribution in [0.4, 0.5) is 5.95 Å². The van der Waals surface area contributed by atoms with Crippen LogP contribution in [0.25, 0.3) is 0 Å². The van der Waals surface area contributed by atoms with E-state index in [0.717, 1.165) is 35.6 Å². The van der Waals surface area contributed by atoms with Gasteiger partial charge in [-0.3, -0.25) is 9.11 Å². The highest BCUT2D eigenvalue weighted by Gasteiger charge is 2.29. The summed E-state index contributed by atoms with van der Waals surface area (Å²) in [5.74, 6) is 2.19. The van der Waals surface area contributed by atoms with Gasteiger partial charge in [-0.25, -0.2) is 9.97 Å². The maximum Gasteiger partial charge on any atom is 0.222 e. The van der Waals surface area contributed by atoms with Gasteiger partial charge in [0.2, 0.25) is 5.95 Å². The monoisotopic (exact) mass is 346 g/mol. The second-order valence-corrected chi connectivity index (χ2v) is 7.84. The van der Waals surface area contributed by atoms with E-state index in [0.29, 0.717) is 5.95 Å². The number of halogens is 1. The van der Waals surface area contributed by atoms with E-state index in [-0.39, 0.29) is 5.54 Å². The Kier molecular flexibility index (Phi) is 4.92. The molecule has 0 amide bonds. The van der Waals surface area contributed by atoms with Crippen molar-refractivity contribution >= 4 is 32.7 Å². The second-order valence-electron chi connectivity index (χ2n) is 5.23. The smallest absolute Gasteiger partial charge is 0.222 e. The van der Waals surface area contributed by atoms with E-state index in [4.69, 9.17) is 0 Å². The molecule has 0 radical (unpaired) electrons. The van der Waals surface area contributed by atoms with Gasteiger partial charge in [0, 0.05) is 59.9 Å². The SMILES string of the molecule is CC(C)(CNc1ncc(Br)cn1)N1CCS(=O)CC1. The Morgan fingerprint density at radius 1 is 1.37 bits per heavy atom. The number of hydrogen-bond donors (Lipinski definition) is 1. The van der Waals surface area contributed by atoms with Crippen molar-refractivity contribution in [3.8, 4) is 0 Å². The van der Waals surface area contributed by atoms with Crippen LogP contribution in [0.15, 0.2) is 16.9 Å². The van der Waals surface area contributed by atoms with Crippen LogP contribution in [-0.4, -0.2) is 55.8 Å². The second kappa shape index (κ2) is 6.28. The third-order valence-electron chi connectivity index (χ3n) is 3.33. The molecule has 1 N–H and O–H groups in total. The van der Waals surface area contributed by atoms with Crippen LogP contribution in [0, 0.1) is 0 Å². The average molecular weight is 347 g/mol. The van der Waals surface area contributed by atoms with Crippen LogP contribution >= 0.6 is 15.9 Å². The number of hydrogen-bond acceptors (Lipinski definition) is 5. The van der Waals surface area contributed by atoms with Gasteiger partial charge in [0.15, 0.2) is 0 Å². The highest BCUT2D eigenvalue weighted by atomic mass is 79.9. The Balaban J connectivity index is 1.89. The minimum atomic E-state index is -0.630. The van der Waals surface area contributed by atoms with Crippen LogP contribution in [0.1, 0.15) is 13.8 Å². The van der Waals surface area contributed by atoms with E-state index >= 15 is 0 Å². The first-order valence-corrected chi connectivity index (χ1v) is 8.57. The van der Waals surface area contributed by atoms with Crippen LogP contribution in [0.3, 0.4) is 0 Å². The largest absolute Gasteiger partial charge is 0.352 e. The molecule has 1 fully saturated rings. The molecule has 1 saturated heterocycles. The lowest BCUT2D eigenvalue weighted by Crippen LogP contribution is -2.53. The van der Waals surface area contributed by atoms with Crippen molar-refractivity contribution < 1.29 is 4.21 Å². The van der Waals surface area contributed by atoms with Crippen molar-refractivity contribution in [2.45, 2.75) is 19.4 Å². The summed E-state index contributed by atoms with van der Waals surface area (Å²) in [5.41, 5.74) is 0.00105. The minimum Gasteiger partial charge on any atom is -0.352 e. The molecule has 0 aliphatic carbocycles. The zero-order valence-corrected chi connectivity index (χ0v) is 13.6. The predicted octanol–water partition coefficient (Wildman–Crippen LogP) is 1.49. The Bertz CT molecular complexity index is 442. The van der Waals surface area contributed by atoms with E-state index < -0.39 is 10.8 Å². The fraction of sp³-hybridized carbons (Fsp3) is 0.667. The maximum absolute atomic E-state index is 11.4. The lowest BCUT2D eigenvalue weighted by atomic mass is 10.0. The minimum absolute atomic E-state index is 0.00105. The van der Waals surface area contributed by atoms with Gasteiger partial charge in [-0.1, -0.05) is 0 Å². The van der Waals surface area contributed by atoms with Crippen LogP contribution in [-0.2, 0) is 10.8 Å². The Labute approximate surface area is 124 Å². The molecule has 0 aromatic carbocycles. The van der Waals surface area contributed by atoms with E-state index in [1.165, 1.54) is 0 Å². The number of nitrogens with zero attached hydrogens (tertiary/aromatic N) is 3. The number of aromatic nitrogens is 2. The first kappa shape index (κ1) is 14.9. The topological polar surface area (TPSA) is 58.1 Å². The summed E-state index contributed by atoms with van der Waals surface area (Å²) in [7, 11) is -0.630. The molecule has 1 aliphatic rings. The van der Waals surface area contributed by atoms with Crippen molar-refractivity contribution in [1.82, 2.24) is 14.9 Å². The summed E-state index contributed by atoms with van der Waals surface area (Å²) in [6, 6.07) is 0. The van der Waals surface area contributed by atoms with Crippen molar-refractivity contribution in [1.29, 1.82) is 0 Å². The molecule has 1 aromatic heterocycles. The molecule has 0 saturated carbocycles. The standard InChI is InChI=1S/C12H19BrN4OS/c1-12(2,17-3-5-19(18)6-4-17)9-16-11-14-7-10(13)8-15-11/h7-8H,3-6,9H2,1-2H3,(H,14,15,16). The van der Waals surface area contributed by atoms with Gasteiger partial charge >= 0.3 is 0 Å². The molecular formula is C12H19BrN4OS. The van der Waals surface area contributed by atoms with E-state index in [2.05, 4.69) is 50.0 Å². The molecule has 7 heteroatoms. The summed E-state index contributed by atoms with van der Waals surface area (Å²) in [4.78, 5) is 10.8. The van der Waals surface area contributed by atoms with Crippen molar-refractivity contribution in [2.75, 3.05) is 36.5 Å². The highest BCUT2D eigenvalue weighted by molar-refractivity contribution is 9.10. The van der Waals surface area contributed by atoms with Crippen LogP contribution in [0.2, 0.25) is 0 Å². The average Bonchev–Trinajstić information content (AvgIpc) is 2.39. The molecule has 2 rings (SSSR count). The van der Waals surface area contributed by atoms with E-state index in [1.807, 2.05) is 0 Å². The summed E-state index contributed by atoms with van der Waals surface area (Å²) < 4.78 is 12.3. The lowest BCUT2D eigenvalue weighted by Gasteiger charge is -2.40. The van der Waals surface area contributed by atoms with Crippen LogP contribution in [0.5, 0.6) is 0 Å². The fourth-order valence-corrected chi connectivity index (χ4v) is 3.31. The van der Waals surface area contributed by atoms with Gasteiger partial charge < -0.3 is 5.32 Å². The zero-order valence-electron chi connectivity index (χ0n) is 11.2. The van der Waals surface area contributed by atoms with Gasteiger partial charge in [-0.05, 0) is 29.8 Å². The Hall–Kier alpha value is -0.530. The third-order valence-corrected chi connectivity index (χ3v) is 5.02. The first-order chi connectivity index (χ1) is 8.97. The van der Waals surface area contributed by atoms with Gasteiger partial charge in [0.05, 0.1) is 4.47 Å². The lowest BCUT2D eigenvalue weighted by molar-refractivity contribution is 0.145. The molecule has 0 atom stereocenters. The van der Waals surface area contributed by atoms with Crippen LogP contribution < -0.4 is 5.32 Å². The number of anilines is 1. The summed E-state index contributed by atoms with van der Waals surface area (Å²) in [5, 5.41) is 3.26. The zero-order chi connectivity index (χ0) is 13.9. The summed E-state index contributed by atoms with van der Waals surface area (Å²) in [6.45, 7) is 6.92. The summed E-state index contributed by atoms with van der Waals surface area (Å²) in [6.07, 6.45) is 3.46. The van der Waals surface area contributed by atoms with Gasteiger partial charge in [-0.15, -0.1) is 0 Å². The molecule has 5 nitrogen and oxygen atoms in total. The van der Waals surface area contributed by atoms with Crippen molar-refractivity contribution in [3.63, 3.8) is 0 Å². The van der Waals surface area contributed by atoms with Gasteiger partial charge in [-0.2, -0.15) is 0 Å². The quantitative estimate of drug-likeness (QED) is 0.895. The summed E-state index contributed by atoms with van der Waals surface area (Å²) >= 11 is 3.31. The molecule has 0 unspecified atom stereocenters. The normalized spacial score (nSPS) is 18.5. The third kappa shape index (κ3) is 4.22. The molecule has 19 heavy (non-hydrogen) atoms. The molecule has 2 heterocycles. The molecule has 1 aliphatic heterocycles.